The molecule has 0 atom stereocenters. The van der Waals surface area contributed by atoms with Gasteiger partial charge in [-0.1, -0.05) is 0 Å². The van der Waals surface area contributed by atoms with Gasteiger partial charge >= 0.3 is 5.51 Å². The van der Waals surface area contributed by atoms with Crippen LogP contribution in [0.4, 0.5) is 13.2 Å². The van der Waals surface area contributed by atoms with Crippen LogP contribution in [0.15, 0.2) is 18.3 Å². The smallest absolute Gasteiger partial charge is 0.351 e. The highest BCUT2D eigenvalue weighted by molar-refractivity contribution is 8.00. The van der Waals surface area contributed by atoms with E-state index >= 15 is 0 Å². The van der Waals surface area contributed by atoms with Gasteiger partial charge in [-0.2, -0.15) is 18.3 Å². The molecular formula is C16H19F3N4OS. The number of nitrogens with one attached hydrogen (secondary N) is 2. The number of hydrogen-bond donors (Lipinski definition) is 2. The molecule has 0 spiro atoms. The number of nitrogens with zero attached hydrogens (tertiary/aromatic N) is 2. The minimum absolute atomic E-state index is 0.0333. The van der Waals surface area contributed by atoms with Crippen LogP contribution in [0.3, 0.4) is 0 Å². The first-order valence-electron chi connectivity index (χ1n) is 8.00. The van der Waals surface area contributed by atoms with E-state index in [1.165, 1.54) is 0 Å². The summed E-state index contributed by atoms with van der Waals surface area (Å²) in [6.07, 6.45) is 1.93. The Morgan fingerprint density at radius 2 is 2.20 bits per heavy atom. The first kappa shape index (κ1) is 18.1. The van der Waals surface area contributed by atoms with E-state index in [2.05, 4.69) is 15.7 Å². The van der Waals surface area contributed by atoms with Crippen molar-refractivity contribution in [2.24, 2.45) is 5.92 Å². The SMILES string of the molecule is Cc1c(C(=O)NCCSC(F)(F)F)ccc2nn(CC3CNC3)cc12. The summed E-state index contributed by atoms with van der Waals surface area (Å²) in [5.41, 5.74) is -2.20. The summed E-state index contributed by atoms with van der Waals surface area (Å²) >= 11 is -0.139. The van der Waals surface area contributed by atoms with Gasteiger partial charge < -0.3 is 10.6 Å². The summed E-state index contributed by atoms with van der Waals surface area (Å²) in [6.45, 7) is 4.60. The van der Waals surface area contributed by atoms with E-state index in [-0.39, 0.29) is 30.0 Å². The van der Waals surface area contributed by atoms with E-state index in [9.17, 15) is 18.0 Å². The van der Waals surface area contributed by atoms with Gasteiger partial charge in [0, 0.05) is 55.0 Å². The van der Waals surface area contributed by atoms with E-state index < -0.39 is 5.51 Å². The minimum atomic E-state index is -4.27. The van der Waals surface area contributed by atoms with Crippen molar-refractivity contribution in [1.82, 2.24) is 20.4 Å². The summed E-state index contributed by atoms with van der Waals surface area (Å²) in [4.78, 5) is 12.2. The van der Waals surface area contributed by atoms with Crippen molar-refractivity contribution in [3.05, 3.63) is 29.5 Å². The molecule has 3 rings (SSSR count). The highest BCUT2D eigenvalue weighted by Gasteiger charge is 2.27. The Hall–Kier alpha value is -1.74. The van der Waals surface area contributed by atoms with E-state index in [1.807, 2.05) is 17.8 Å². The molecule has 136 valence electrons. The molecule has 0 bridgehead atoms. The lowest BCUT2D eigenvalue weighted by molar-refractivity contribution is -0.0327. The largest absolute Gasteiger partial charge is 0.441 e. The molecule has 0 saturated carbocycles. The fourth-order valence-corrected chi connectivity index (χ4v) is 3.22. The zero-order chi connectivity index (χ0) is 18.0. The van der Waals surface area contributed by atoms with Crippen molar-refractivity contribution in [3.8, 4) is 0 Å². The maximum absolute atomic E-state index is 12.2. The van der Waals surface area contributed by atoms with Crippen molar-refractivity contribution < 1.29 is 18.0 Å². The van der Waals surface area contributed by atoms with Gasteiger partial charge in [-0.15, -0.1) is 0 Å². The molecule has 1 aliphatic heterocycles. The molecule has 0 unspecified atom stereocenters. The third-order valence-electron chi connectivity index (χ3n) is 4.22. The topological polar surface area (TPSA) is 59.0 Å². The van der Waals surface area contributed by atoms with Gasteiger partial charge in [0.15, 0.2) is 0 Å². The van der Waals surface area contributed by atoms with Crippen molar-refractivity contribution in [3.63, 3.8) is 0 Å². The van der Waals surface area contributed by atoms with Crippen molar-refractivity contribution >= 4 is 28.6 Å². The van der Waals surface area contributed by atoms with E-state index in [0.29, 0.717) is 11.5 Å². The van der Waals surface area contributed by atoms with Gasteiger partial charge in [-0.25, -0.2) is 0 Å². The highest BCUT2D eigenvalue weighted by atomic mass is 32.2. The number of fused-ring (bicyclic) bond motifs is 1. The van der Waals surface area contributed by atoms with Crippen LogP contribution in [0.5, 0.6) is 0 Å². The van der Waals surface area contributed by atoms with Crippen LogP contribution < -0.4 is 10.6 Å². The van der Waals surface area contributed by atoms with Crippen LogP contribution in [-0.4, -0.2) is 46.6 Å². The molecule has 1 aromatic carbocycles. The maximum atomic E-state index is 12.2. The predicted octanol–water partition coefficient (Wildman–Crippen LogP) is 2.55. The number of carbonyl (C=O) groups excluding carboxylic acids is 1. The second kappa shape index (κ2) is 7.25. The lowest BCUT2D eigenvalue weighted by Gasteiger charge is -2.26. The summed E-state index contributed by atoms with van der Waals surface area (Å²) in [5, 5.41) is 11.2. The Morgan fingerprint density at radius 3 is 2.84 bits per heavy atom. The lowest BCUT2D eigenvalue weighted by atomic mass is 10.0. The molecule has 0 radical (unpaired) electrons. The van der Waals surface area contributed by atoms with Crippen LogP contribution in [0.1, 0.15) is 15.9 Å². The van der Waals surface area contributed by atoms with E-state index in [4.69, 9.17) is 0 Å². The average molecular weight is 372 g/mol. The standard InChI is InChI=1S/C16H19F3N4OS/c1-10-12(15(24)21-4-5-25-16(17,18)19)2-3-14-13(10)9-23(22-14)8-11-6-20-7-11/h2-3,9,11,20H,4-8H2,1H3,(H,21,24). The zero-order valence-electron chi connectivity index (χ0n) is 13.7. The molecule has 2 N–H and O–H groups in total. The molecular weight excluding hydrogens is 353 g/mol. The van der Waals surface area contributed by atoms with Crippen LogP contribution in [-0.2, 0) is 6.54 Å². The number of halogens is 3. The Bertz CT molecular complexity index is 771. The number of aryl methyl sites for hydroxylation is 1. The number of carbonyl (C=O) groups is 1. The number of rotatable bonds is 6. The highest BCUT2D eigenvalue weighted by Crippen LogP contribution is 2.29. The maximum Gasteiger partial charge on any atom is 0.441 e. The van der Waals surface area contributed by atoms with Crippen molar-refractivity contribution in [2.45, 2.75) is 19.0 Å². The molecule has 9 heteroatoms. The number of amides is 1. The quantitative estimate of drug-likeness (QED) is 0.765. The van der Waals surface area contributed by atoms with Gasteiger partial charge in [0.2, 0.25) is 0 Å². The Balaban J connectivity index is 1.66. The van der Waals surface area contributed by atoms with Crippen molar-refractivity contribution in [1.29, 1.82) is 0 Å². The number of aromatic nitrogens is 2. The summed E-state index contributed by atoms with van der Waals surface area (Å²) in [5.74, 6) is 0.00537. The van der Waals surface area contributed by atoms with Crippen LogP contribution in [0, 0.1) is 12.8 Å². The van der Waals surface area contributed by atoms with Gasteiger partial charge in [-0.05, 0) is 36.4 Å². The molecule has 2 heterocycles. The number of alkyl halides is 3. The molecule has 1 aliphatic rings. The molecule has 1 saturated heterocycles. The second-order valence-electron chi connectivity index (χ2n) is 6.10. The molecule has 1 aromatic heterocycles. The summed E-state index contributed by atoms with van der Waals surface area (Å²) < 4.78 is 38.2. The van der Waals surface area contributed by atoms with Gasteiger partial charge in [0.25, 0.3) is 5.91 Å². The van der Waals surface area contributed by atoms with E-state index in [1.54, 1.807) is 12.1 Å². The fourth-order valence-electron chi connectivity index (χ4n) is 2.79. The molecule has 25 heavy (non-hydrogen) atoms. The molecule has 1 amide bonds. The first-order valence-corrected chi connectivity index (χ1v) is 8.98. The van der Waals surface area contributed by atoms with Crippen LogP contribution >= 0.6 is 11.8 Å². The Labute approximate surface area is 147 Å². The van der Waals surface area contributed by atoms with Crippen LogP contribution in [0.2, 0.25) is 0 Å². The number of thioether (sulfide) groups is 1. The predicted molar refractivity (Wildman–Crippen MR) is 91.7 cm³/mol. The average Bonchev–Trinajstić information content (AvgIpc) is 2.90. The van der Waals surface area contributed by atoms with E-state index in [0.717, 1.165) is 36.1 Å². The normalized spacial score (nSPS) is 15.4. The van der Waals surface area contributed by atoms with Gasteiger partial charge in [0.1, 0.15) is 0 Å². The Kier molecular flexibility index (Phi) is 5.24. The first-order chi connectivity index (χ1) is 11.8. The monoisotopic (exact) mass is 372 g/mol. The number of hydrogen-bond acceptors (Lipinski definition) is 4. The lowest BCUT2D eigenvalue weighted by Crippen LogP contribution is -2.44. The fraction of sp³-hybridized carbons (Fsp3) is 0.500. The second-order valence-corrected chi connectivity index (χ2v) is 7.26. The van der Waals surface area contributed by atoms with Crippen molar-refractivity contribution in [2.75, 3.05) is 25.4 Å². The van der Waals surface area contributed by atoms with Crippen LogP contribution in [0.25, 0.3) is 10.9 Å². The van der Waals surface area contributed by atoms with Gasteiger partial charge in [-0.3, -0.25) is 9.48 Å². The zero-order valence-corrected chi connectivity index (χ0v) is 14.5. The minimum Gasteiger partial charge on any atom is -0.351 e. The number of benzene rings is 1. The van der Waals surface area contributed by atoms with Gasteiger partial charge in [0.05, 0.1) is 5.52 Å². The summed E-state index contributed by atoms with van der Waals surface area (Å²) in [7, 11) is 0. The third-order valence-corrected chi connectivity index (χ3v) is 4.95. The third kappa shape index (κ3) is 4.46. The molecule has 5 nitrogen and oxygen atoms in total. The summed E-state index contributed by atoms with van der Waals surface area (Å²) in [6, 6.07) is 3.45. The molecule has 2 aromatic rings. The molecule has 0 aliphatic carbocycles. The molecule has 1 fully saturated rings. The Morgan fingerprint density at radius 1 is 1.44 bits per heavy atom.